The van der Waals surface area contributed by atoms with Gasteiger partial charge in [-0.05, 0) is 37.1 Å². The predicted molar refractivity (Wildman–Crippen MR) is 102 cm³/mol. The maximum Gasteiger partial charge on any atom is 0.283 e. The fraction of sp³-hybridized carbons (Fsp3) is 0.286. The summed E-state index contributed by atoms with van der Waals surface area (Å²) in [7, 11) is 0. The van der Waals surface area contributed by atoms with E-state index in [0.29, 0.717) is 24.1 Å². The Bertz CT molecular complexity index is 1080. The molecule has 4 aromatic rings. The van der Waals surface area contributed by atoms with Gasteiger partial charge in [0, 0.05) is 17.5 Å². The monoisotopic (exact) mass is 379 g/mol. The van der Waals surface area contributed by atoms with Crippen LogP contribution in [0.25, 0.3) is 22.6 Å². The molecular formula is C21H21N3O4. The van der Waals surface area contributed by atoms with E-state index < -0.39 is 0 Å². The molecule has 0 aliphatic rings. The molecule has 7 heteroatoms. The summed E-state index contributed by atoms with van der Waals surface area (Å²) in [6, 6.07) is 9.49. The molecule has 0 aliphatic carbocycles. The highest BCUT2D eigenvalue weighted by atomic mass is 16.4. The molecule has 4 rings (SSSR count). The molecule has 144 valence electrons. The Balaban J connectivity index is 1.49. The van der Waals surface area contributed by atoms with Gasteiger partial charge >= 0.3 is 0 Å². The van der Waals surface area contributed by atoms with Crippen LogP contribution in [0.5, 0.6) is 0 Å². The summed E-state index contributed by atoms with van der Waals surface area (Å²) in [5, 5.41) is 9.00. The third-order valence-corrected chi connectivity index (χ3v) is 4.52. The molecule has 1 aromatic carbocycles. The zero-order valence-electron chi connectivity index (χ0n) is 15.8. The van der Waals surface area contributed by atoms with Crippen LogP contribution in [0.1, 0.15) is 30.4 Å². The lowest BCUT2D eigenvalue weighted by Gasteiger charge is -2.20. The smallest absolute Gasteiger partial charge is 0.283 e. The molecule has 0 atom stereocenters. The van der Waals surface area contributed by atoms with Crippen molar-refractivity contribution in [3.05, 3.63) is 59.9 Å². The molecule has 28 heavy (non-hydrogen) atoms. The molecule has 0 saturated heterocycles. The first-order valence-corrected chi connectivity index (χ1v) is 9.25. The number of carbonyl (C=O) groups excluding carboxylic acids is 1. The minimum Gasteiger partial charge on any atom is -0.464 e. The van der Waals surface area contributed by atoms with Crippen LogP contribution in [0.3, 0.4) is 0 Å². The van der Waals surface area contributed by atoms with E-state index in [1.807, 2.05) is 32.0 Å². The molecule has 0 aliphatic heterocycles. The Labute approximate surface area is 161 Å². The van der Waals surface area contributed by atoms with Crippen LogP contribution in [0, 0.1) is 6.92 Å². The number of hydrogen-bond acceptors (Lipinski definition) is 6. The first-order chi connectivity index (χ1) is 13.6. The van der Waals surface area contributed by atoms with Crippen LogP contribution in [0.2, 0.25) is 0 Å². The maximum atomic E-state index is 12.9. The highest BCUT2D eigenvalue weighted by molar-refractivity contribution is 5.88. The summed E-state index contributed by atoms with van der Waals surface area (Å²) in [5.41, 5.74) is 2.80. The van der Waals surface area contributed by atoms with Crippen molar-refractivity contribution in [3.63, 3.8) is 0 Å². The molecule has 3 heterocycles. The van der Waals surface area contributed by atoms with Gasteiger partial charge in [0.25, 0.3) is 5.89 Å². The van der Waals surface area contributed by atoms with E-state index >= 15 is 0 Å². The fourth-order valence-corrected chi connectivity index (χ4v) is 3.14. The third kappa shape index (κ3) is 3.69. The van der Waals surface area contributed by atoms with E-state index in [1.54, 1.807) is 29.6 Å². The van der Waals surface area contributed by atoms with E-state index in [4.69, 9.17) is 13.3 Å². The van der Waals surface area contributed by atoms with Gasteiger partial charge < -0.3 is 18.2 Å². The molecule has 0 radical (unpaired) electrons. The molecule has 0 spiro atoms. The minimum atomic E-state index is -0.0112. The van der Waals surface area contributed by atoms with Gasteiger partial charge in [-0.15, -0.1) is 10.2 Å². The lowest BCUT2D eigenvalue weighted by atomic mass is 10.1. The van der Waals surface area contributed by atoms with Gasteiger partial charge in [0.05, 0.1) is 25.5 Å². The maximum absolute atomic E-state index is 12.9. The average molecular weight is 379 g/mol. The van der Waals surface area contributed by atoms with Gasteiger partial charge in [-0.3, -0.25) is 4.79 Å². The van der Waals surface area contributed by atoms with Crippen LogP contribution in [0.15, 0.2) is 56.1 Å². The normalized spacial score (nSPS) is 11.2. The van der Waals surface area contributed by atoms with Crippen LogP contribution in [0.4, 0.5) is 0 Å². The largest absolute Gasteiger partial charge is 0.464 e. The van der Waals surface area contributed by atoms with Gasteiger partial charge in [0.1, 0.15) is 5.58 Å². The van der Waals surface area contributed by atoms with E-state index in [-0.39, 0.29) is 18.9 Å². The molecular weight excluding hydrogens is 358 g/mol. The van der Waals surface area contributed by atoms with Crippen molar-refractivity contribution >= 4 is 16.9 Å². The summed E-state index contributed by atoms with van der Waals surface area (Å²) >= 11 is 0. The Hall–Kier alpha value is -3.35. The number of aryl methyl sites for hydroxylation is 1. The molecule has 0 N–H and O–H groups in total. The third-order valence-electron chi connectivity index (χ3n) is 4.52. The van der Waals surface area contributed by atoms with Crippen LogP contribution < -0.4 is 0 Å². The minimum absolute atomic E-state index is 0.0112. The number of aromatic nitrogens is 2. The van der Waals surface area contributed by atoms with Crippen LogP contribution in [-0.4, -0.2) is 27.5 Å². The van der Waals surface area contributed by atoms with Crippen molar-refractivity contribution in [2.45, 2.75) is 33.2 Å². The second-order valence-corrected chi connectivity index (χ2v) is 6.73. The second-order valence-electron chi connectivity index (χ2n) is 6.73. The standard InChI is InChI=1S/C21H21N3O4/c1-3-8-24(12-19-22-23-21(28-19)17-5-4-9-26-17)20(25)11-15-13-27-18-10-14(2)6-7-16(15)18/h4-7,9-10,13H,3,8,11-12H2,1-2H3. The number of carbonyl (C=O) groups is 1. The van der Waals surface area contributed by atoms with E-state index in [2.05, 4.69) is 10.2 Å². The lowest BCUT2D eigenvalue weighted by Crippen LogP contribution is -2.32. The van der Waals surface area contributed by atoms with Gasteiger partial charge in [0.2, 0.25) is 11.8 Å². The van der Waals surface area contributed by atoms with Crippen molar-refractivity contribution in [1.29, 1.82) is 0 Å². The van der Waals surface area contributed by atoms with Crippen LogP contribution in [-0.2, 0) is 17.8 Å². The molecule has 0 bridgehead atoms. The lowest BCUT2D eigenvalue weighted by molar-refractivity contribution is -0.131. The van der Waals surface area contributed by atoms with Crippen molar-refractivity contribution in [2.75, 3.05) is 6.54 Å². The van der Waals surface area contributed by atoms with Crippen molar-refractivity contribution < 1.29 is 18.0 Å². The number of furan rings is 2. The summed E-state index contributed by atoms with van der Waals surface area (Å²) < 4.78 is 16.5. The number of fused-ring (bicyclic) bond motifs is 1. The fourth-order valence-electron chi connectivity index (χ4n) is 3.14. The number of amides is 1. The average Bonchev–Trinajstić information content (AvgIpc) is 3.42. The first-order valence-electron chi connectivity index (χ1n) is 9.25. The SMILES string of the molecule is CCCN(Cc1nnc(-c2ccco2)o1)C(=O)Cc1coc2cc(C)ccc12. The molecule has 7 nitrogen and oxygen atoms in total. The van der Waals surface area contributed by atoms with E-state index in [1.165, 1.54) is 0 Å². The molecule has 0 unspecified atom stereocenters. The summed E-state index contributed by atoms with van der Waals surface area (Å²) in [4.78, 5) is 14.7. The van der Waals surface area contributed by atoms with E-state index in [9.17, 15) is 4.79 Å². The van der Waals surface area contributed by atoms with E-state index in [0.717, 1.165) is 28.5 Å². The Morgan fingerprint density at radius 3 is 2.86 bits per heavy atom. The first kappa shape index (κ1) is 18.0. The Morgan fingerprint density at radius 1 is 1.18 bits per heavy atom. The highest BCUT2D eigenvalue weighted by Gasteiger charge is 2.20. The number of rotatable bonds is 7. The van der Waals surface area contributed by atoms with Crippen molar-refractivity contribution in [2.24, 2.45) is 0 Å². The Morgan fingerprint density at radius 2 is 2.07 bits per heavy atom. The van der Waals surface area contributed by atoms with Gasteiger partial charge in [0.15, 0.2) is 5.76 Å². The molecule has 0 fully saturated rings. The van der Waals surface area contributed by atoms with Crippen molar-refractivity contribution in [1.82, 2.24) is 15.1 Å². The summed E-state index contributed by atoms with van der Waals surface area (Å²) in [6.45, 7) is 4.90. The second kappa shape index (κ2) is 7.72. The topological polar surface area (TPSA) is 85.5 Å². The number of nitrogens with zero attached hydrogens (tertiary/aromatic N) is 3. The Kier molecular flexibility index (Phi) is 4.97. The van der Waals surface area contributed by atoms with Crippen LogP contribution >= 0.6 is 0 Å². The summed E-state index contributed by atoms with van der Waals surface area (Å²) in [6.07, 6.45) is 4.29. The zero-order chi connectivity index (χ0) is 19.5. The number of hydrogen-bond donors (Lipinski definition) is 0. The number of benzene rings is 1. The molecule has 1 amide bonds. The highest BCUT2D eigenvalue weighted by Crippen LogP contribution is 2.24. The molecule has 0 saturated carbocycles. The zero-order valence-corrected chi connectivity index (χ0v) is 15.8. The predicted octanol–water partition coefficient (Wildman–Crippen LogP) is 4.37. The van der Waals surface area contributed by atoms with Gasteiger partial charge in [-0.1, -0.05) is 19.1 Å². The van der Waals surface area contributed by atoms with Gasteiger partial charge in [-0.25, -0.2) is 0 Å². The summed E-state index contributed by atoms with van der Waals surface area (Å²) in [5.74, 6) is 1.18. The quantitative estimate of drug-likeness (QED) is 0.474. The van der Waals surface area contributed by atoms with Gasteiger partial charge in [-0.2, -0.15) is 0 Å². The van der Waals surface area contributed by atoms with Crippen molar-refractivity contribution in [3.8, 4) is 11.7 Å². The molecule has 3 aromatic heterocycles.